The molecule has 0 heterocycles. The van der Waals surface area contributed by atoms with Crippen molar-refractivity contribution in [1.29, 1.82) is 0 Å². The Morgan fingerprint density at radius 3 is 2.38 bits per heavy atom. The lowest BCUT2D eigenvalue weighted by molar-refractivity contribution is 0.107. The van der Waals surface area contributed by atoms with Crippen molar-refractivity contribution in [2.75, 3.05) is 20.8 Å². The molecule has 1 atom stereocenters. The highest BCUT2D eigenvalue weighted by Gasteiger charge is 2.18. The van der Waals surface area contributed by atoms with Gasteiger partial charge < -0.3 is 14.2 Å². The minimum atomic E-state index is 0.195. The third-order valence-electron chi connectivity index (χ3n) is 3.82. The topological polar surface area (TPSA) is 27.7 Å². The second-order valence-corrected chi connectivity index (χ2v) is 6.31. The Labute approximate surface area is 152 Å². The van der Waals surface area contributed by atoms with Crippen LogP contribution >= 0.6 is 15.9 Å². The predicted molar refractivity (Wildman–Crippen MR) is 101 cm³/mol. The molecule has 0 saturated heterocycles. The van der Waals surface area contributed by atoms with Gasteiger partial charge in [-0.2, -0.15) is 0 Å². The van der Waals surface area contributed by atoms with Crippen LogP contribution in [0.5, 0.6) is 11.5 Å². The molecule has 0 aliphatic carbocycles. The summed E-state index contributed by atoms with van der Waals surface area (Å²) in [5, 5.41) is 0. The van der Waals surface area contributed by atoms with E-state index in [0.29, 0.717) is 24.7 Å². The standard InChI is InChI=1S/C20H23BrO3/c1-4-8-16(14-24-13-15-9-6-5-7-10-15)17-11-19(22-2)20(23-3)12-18(17)21/h4-7,9-12,16H,1,8,13-14H2,2-3H3. The lowest BCUT2D eigenvalue weighted by Gasteiger charge is -2.20. The summed E-state index contributed by atoms with van der Waals surface area (Å²) >= 11 is 3.63. The van der Waals surface area contributed by atoms with Crippen LogP contribution in [0.15, 0.2) is 59.6 Å². The Hall–Kier alpha value is -1.78. The van der Waals surface area contributed by atoms with Crippen LogP contribution in [-0.4, -0.2) is 20.8 Å². The third-order valence-corrected chi connectivity index (χ3v) is 4.51. The maximum absolute atomic E-state index is 5.93. The Balaban J connectivity index is 2.13. The van der Waals surface area contributed by atoms with E-state index in [1.54, 1.807) is 14.2 Å². The molecule has 0 aromatic heterocycles. The number of hydrogen-bond donors (Lipinski definition) is 0. The van der Waals surface area contributed by atoms with Gasteiger partial charge in [0.1, 0.15) is 0 Å². The van der Waals surface area contributed by atoms with Crippen molar-refractivity contribution in [2.24, 2.45) is 0 Å². The number of methoxy groups -OCH3 is 2. The van der Waals surface area contributed by atoms with E-state index < -0.39 is 0 Å². The summed E-state index contributed by atoms with van der Waals surface area (Å²) in [6.07, 6.45) is 2.74. The summed E-state index contributed by atoms with van der Waals surface area (Å²) in [6.45, 7) is 5.07. The number of halogens is 1. The van der Waals surface area contributed by atoms with Gasteiger partial charge in [0, 0.05) is 10.4 Å². The van der Waals surface area contributed by atoms with Crippen molar-refractivity contribution < 1.29 is 14.2 Å². The van der Waals surface area contributed by atoms with Gasteiger partial charge in [-0.1, -0.05) is 52.3 Å². The lowest BCUT2D eigenvalue weighted by Crippen LogP contribution is -2.09. The van der Waals surface area contributed by atoms with Crippen LogP contribution in [0, 0.1) is 0 Å². The van der Waals surface area contributed by atoms with E-state index in [-0.39, 0.29) is 5.92 Å². The highest BCUT2D eigenvalue weighted by atomic mass is 79.9. The van der Waals surface area contributed by atoms with Gasteiger partial charge in [0.15, 0.2) is 11.5 Å². The van der Waals surface area contributed by atoms with E-state index in [4.69, 9.17) is 14.2 Å². The average molecular weight is 391 g/mol. The summed E-state index contributed by atoms with van der Waals surface area (Å²) < 4.78 is 17.7. The van der Waals surface area contributed by atoms with Gasteiger partial charge in [0.25, 0.3) is 0 Å². The molecule has 0 N–H and O–H groups in total. The van der Waals surface area contributed by atoms with Crippen molar-refractivity contribution in [3.63, 3.8) is 0 Å². The molecular formula is C20H23BrO3. The Bertz CT molecular complexity index is 655. The van der Waals surface area contributed by atoms with Crippen molar-refractivity contribution in [3.05, 3.63) is 70.7 Å². The zero-order valence-electron chi connectivity index (χ0n) is 14.1. The highest BCUT2D eigenvalue weighted by molar-refractivity contribution is 9.10. The van der Waals surface area contributed by atoms with Crippen LogP contribution in [-0.2, 0) is 11.3 Å². The average Bonchev–Trinajstić information content (AvgIpc) is 2.61. The maximum Gasteiger partial charge on any atom is 0.161 e. The predicted octanol–water partition coefficient (Wildman–Crippen LogP) is 5.34. The summed E-state index contributed by atoms with van der Waals surface area (Å²) in [5.74, 6) is 1.61. The van der Waals surface area contributed by atoms with Crippen LogP contribution in [0.3, 0.4) is 0 Å². The van der Waals surface area contributed by atoms with E-state index in [1.807, 2.05) is 36.4 Å². The molecule has 0 spiro atoms. The monoisotopic (exact) mass is 390 g/mol. The molecule has 2 aromatic carbocycles. The largest absolute Gasteiger partial charge is 0.493 e. The Morgan fingerprint density at radius 2 is 1.75 bits per heavy atom. The minimum Gasteiger partial charge on any atom is -0.493 e. The van der Waals surface area contributed by atoms with E-state index in [9.17, 15) is 0 Å². The van der Waals surface area contributed by atoms with Gasteiger partial charge in [-0.15, -0.1) is 6.58 Å². The van der Waals surface area contributed by atoms with Gasteiger partial charge in [-0.3, -0.25) is 0 Å². The second kappa shape index (κ2) is 9.50. The molecule has 0 aliphatic heterocycles. The van der Waals surface area contributed by atoms with E-state index in [0.717, 1.165) is 16.5 Å². The smallest absolute Gasteiger partial charge is 0.161 e. The first-order valence-electron chi connectivity index (χ1n) is 7.83. The van der Waals surface area contributed by atoms with Crippen molar-refractivity contribution in [3.8, 4) is 11.5 Å². The molecule has 3 nitrogen and oxygen atoms in total. The molecule has 0 radical (unpaired) electrons. The minimum absolute atomic E-state index is 0.195. The van der Waals surface area contributed by atoms with E-state index in [2.05, 4.69) is 34.6 Å². The molecule has 2 aromatic rings. The van der Waals surface area contributed by atoms with E-state index in [1.165, 1.54) is 5.56 Å². The molecule has 0 amide bonds. The number of allylic oxidation sites excluding steroid dienone is 1. The Morgan fingerprint density at radius 1 is 1.08 bits per heavy atom. The fourth-order valence-electron chi connectivity index (χ4n) is 2.56. The van der Waals surface area contributed by atoms with Crippen molar-refractivity contribution >= 4 is 15.9 Å². The third kappa shape index (κ3) is 4.86. The maximum atomic E-state index is 5.93. The summed E-state index contributed by atoms with van der Waals surface area (Å²) in [7, 11) is 3.28. The molecule has 24 heavy (non-hydrogen) atoms. The second-order valence-electron chi connectivity index (χ2n) is 5.45. The number of benzene rings is 2. The summed E-state index contributed by atoms with van der Waals surface area (Å²) in [4.78, 5) is 0. The van der Waals surface area contributed by atoms with Gasteiger partial charge in [-0.25, -0.2) is 0 Å². The fraction of sp³-hybridized carbons (Fsp3) is 0.300. The van der Waals surface area contributed by atoms with Crippen molar-refractivity contribution in [1.82, 2.24) is 0 Å². The first kappa shape index (κ1) is 18.6. The first-order valence-corrected chi connectivity index (χ1v) is 8.62. The molecular weight excluding hydrogens is 368 g/mol. The molecule has 2 rings (SSSR count). The highest BCUT2D eigenvalue weighted by Crippen LogP contribution is 2.38. The lowest BCUT2D eigenvalue weighted by atomic mass is 9.96. The molecule has 1 unspecified atom stereocenters. The van der Waals surface area contributed by atoms with Crippen LogP contribution in [0.25, 0.3) is 0 Å². The first-order chi connectivity index (χ1) is 11.7. The SMILES string of the molecule is C=CCC(COCc1ccccc1)c1cc(OC)c(OC)cc1Br. The Kier molecular flexibility index (Phi) is 7.35. The van der Waals surface area contributed by atoms with Gasteiger partial charge >= 0.3 is 0 Å². The van der Waals surface area contributed by atoms with E-state index >= 15 is 0 Å². The van der Waals surface area contributed by atoms with Crippen LogP contribution in [0.4, 0.5) is 0 Å². The number of rotatable bonds is 9. The molecule has 0 aliphatic rings. The molecule has 128 valence electrons. The summed E-state index contributed by atoms with van der Waals surface area (Å²) in [6, 6.07) is 14.1. The van der Waals surface area contributed by atoms with Crippen LogP contribution < -0.4 is 9.47 Å². The summed E-state index contributed by atoms with van der Waals surface area (Å²) in [5.41, 5.74) is 2.29. The molecule has 4 heteroatoms. The zero-order valence-corrected chi connectivity index (χ0v) is 15.7. The van der Waals surface area contributed by atoms with Crippen molar-refractivity contribution in [2.45, 2.75) is 18.9 Å². The van der Waals surface area contributed by atoms with Gasteiger partial charge in [0.2, 0.25) is 0 Å². The normalized spacial score (nSPS) is 11.8. The van der Waals surface area contributed by atoms with Gasteiger partial charge in [0.05, 0.1) is 27.4 Å². The van der Waals surface area contributed by atoms with Crippen LogP contribution in [0.1, 0.15) is 23.5 Å². The number of hydrogen-bond acceptors (Lipinski definition) is 3. The number of ether oxygens (including phenoxy) is 3. The van der Waals surface area contributed by atoms with Crippen LogP contribution in [0.2, 0.25) is 0 Å². The zero-order chi connectivity index (χ0) is 17.4. The molecule has 0 saturated carbocycles. The molecule has 0 fully saturated rings. The fourth-order valence-corrected chi connectivity index (χ4v) is 3.21. The molecule has 0 bridgehead atoms. The quantitative estimate of drug-likeness (QED) is 0.540. The van der Waals surface area contributed by atoms with Gasteiger partial charge in [-0.05, 0) is 29.7 Å².